The highest BCUT2D eigenvalue weighted by Gasteiger charge is 2.15. The van der Waals surface area contributed by atoms with Crippen molar-refractivity contribution in [2.45, 2.75) is 39.8 Å². The third-order valence-electron chi connectivity index (χ3n) is 4.88. The molecule has 0 saturated carbocycles. The Kier molecular flexibility index (Phi) is 4.75. The molecule has 0 fully saturated rings. The second-order valence-electron chi connectivity index (χ2n) is 6.90. The van der Waals surface area contributed by atoms with Crippen LogP contribution in [0, 0.1) is 13.8 Å². The van der Waals surface area contributed by atoms with Gasteiger partial charge in [0.2, 0.25) is 0 Å². The van der Waals surface area contributed by atoms with E-state index in [1.165, 1.54) is 6.20 Å². The molecule has 1 N–H and O–H groups in total. The Balaban J connectivity index is 1.71. The topological polar surface area (TPSA) is 121 Å². The zero-order chi connectivity index (χ0) is 20.5. The van der Waals surface area contributed by atoms with E-state index in [9.17, 15) is 14.4 Å². The molecular formula is C19H20N6O4. The highest BCUT2D eigenvalue weighted by atomic mass is 16.5. The van der Waals surface area contributed by atoms with E-state index in [1.807, 2.05) is 25.2 Å². The summed E-state index contributed by atoms with van der Waals surface area (Å²) in [5, 5.41) is 8.13. The Morgan fingerprint density at radius 2 is 1.97 bits per heavy atom. The number of hydrogen-bond acceptors (Lipinski definition) is 6. The standard InChI is InChI=1S/C19H20N6O4/c1-12-16(13(2)29-22-12)11-23-10-15(8-20-23)25-18(27)21-17(26)24(19(25)28)9-14-6-4-3-5-7-14/h4,6-8,10H,3,5,9,11H2,1-2H3,(H,21,26,27). The van der Waals surface area contributed by atoms with Crippen LogP contribution in [-0.4, -0.2) is 29.1 Å². The van der Waals surface area contributed by atoms with Crippen molar-refractivity contribution in [3.05, 3.63) is 84.7 Å². The van der Waals surface area contributed by atoms with Crippen molar-refractivity contribution in [2.24, 2.45) is 0 Å². The van der Waals surface area contributed by atoms with Gasteiger partial charge in [-0.2, -0.15) is 5.10 Å². The van der Waals surface area contributed by atoms with Gasteiger partial charge in [0.1, 0.15) is 5.76 Å². The summed E-state index contributed by atoms with van der Waals surface area (Å²) < 4.78 is 8.64. The van der Waals surface area contributed by atoms with Crippen LogP contribution in [0.1, 0.15) is 29.9 Å². The van der Waals surface area contributed by atoms with E-state index < -0.39 is 17.1 Å². The lowest BCUT2D eigenvalue weighted by atomic mass is 10.1. The fourth-order valence-corrected chi connectivity index (χ4v) is 3.29. The van der Waals surface area contributed by atoms with E-state index in [0.29, 0.717) is 12.3 Å². The molecule has 0 amide bonds. The molecule has 0 radical (unpaired) electrons. The maximum absolute atomic E-state index is 12.9. The molecule has 10 heteroatoms. The van der Waals surface area contributed by atoms with Crippen molar-refractivity contribution in [1.29, 1.82) is 0 Å². The van der Waals surface area contributed by atoms with E-state index in [0.717, 1.165) is 38.8 Å². The number of aromatic amines is 1. The number of aromatic nitrogens is 6. The molecule has 3 heterocycles. The quantitative estimate of drug-likeness (QED) is 0.681. The van der Waals surface area contributed by atoms with Gasteiger partial charge in [-0.05, 0) is 32.3 Å². The van der Waals surface area contributed by atoms with E-state index in [4.69, 9.17) is 4.52 Å². The van der Waals surface area contributed by atoms with Crippen molar-refractivity contribution in [1.82, 2.24) is 29.1 Å². The summed E-state index contributed by atoms with van der Waals surface area (Å²) in [5.41, 5.74) is 0.489. The van der Waals surface area contributed by atoms with Crippen LogP contribution in [-0.2, 0) is 13.1 Å². The molecule has 0 atom stereocenters. The molecule has 1 aliphatic carbocycles. The molecule has 4 rings (SSSR count). The summed E-state index contributed by atoms with van der Waals surface area (Å²) in [4.78, 5) is 39.7. The lowest BCUT2D eigenvalue weighted by molar-refractivity contribution is 0.391. The molecule has 0 unspecified atom stereocenters. The van der Waals surface area contributed by atoms with Crippen molar-refractivity contribution < 1.29 is 4.52 Å². The van der Waals surface area contributed by atoms with Gasteiger partial charge in [0.15, 0.2) is 0 Å². The van der Waals surface area contributed by atoms with Crippen LogP contribution >= 0.6 is 0 Å². The molecule has 3 aromatic heterocycles. The number of hydrogen-bond donors (Lipinski definition) is 1. The maximum atomic E-state index is 12.9. The number of allylic oxidation sites excluding steroid dienone is 4. The van der Waals surface area contributed by atoms with Crippen molar-refractivity contribution >= 4 is 0 Å². The zero-order valence-corrected chi connectivity index (χ0v) is 16.1. The van der Waals surface area contributed by atoms with Gasteiger partial charge in [0.25, 0.3) is 0 Å². The minimum atomic E-state index is -0.804. The molecule has 0 aromatic carbocycles. The molecule has 0 spiro atoms. The third-order valence-corrected chi connectivity index (χ3v) is 4.88. The van der Waals surface area contributed by atoms with Crippen molar-refractivity contribution in [3.8, 4) is 5.69 Å². The molecule has 0 bridgehead atoms. The highest BCUT2D eigenvalue weighted by Crippen LogP contribution is 2.14. The van der Waals surface area contributed by atoms with Gasteiger partial charge in [-0.1, -0.05) is 23.4 Å². The van der Waals surface area contributed by atoms with Crippen LogP contribution in [0.3, 0.4) is 0 Å². The lowest BCUT2D eigenvalue weighted by Crippen LogP contribution is -2.48. The first-order chi connectivity index (χ1) is 13.9. The predicted octanol–water partition coefficient (Wildman–Crippen LogP) is 0.814. The summed E-state index contributed by atoms with van der Waals surface area (Å²) in [6.07, 6.45) is 10.6. The van der Waals surface area contributed by atoms with E-state index in [1.54, 1.807) is 17.8 Å². The van der Waals surface area contributed by atoms with Crippen molar-refractivity contribution in [3.63, 3.8) is 0 Å². The number of aryl methyl sites for hydroxylation is 2. The molecule has 29 heavy (non-hydrogen) atoms. The van der Waals surface area contributed by atoms with Gasteiger partial charge >= 0.3 is 17.1 Å². The second-order valence-corrected chi connectivity index (χ2v) is 6.90. The average Bonchev–Trinajstić information content (AvgIpc) is 3.28. The Labute approximate surface area is 164 Å². The first-order valence-electron chi connectivity index (χ1n) is 9.20. The largest absolute Gasteiger partial charge is 0.361 e. The van der Waals surface area contributed by atoms with Crippen LogP contribution in [0.4, 0.5) is 0 Å². The van der Waals surface area contributed by atoms with Gasteiger partial charge in [-0.3, -0.25) is 9.67 Å². The van der Waals surface area contributed by atoms with Crippen LogP contribution in [0.2, 0.25) is 0 Å². The Morgan fingerprint density at radius 3 is 2.66 bits per heavy atom. The first-order valence-corrected chi connectivity index (χ1v) is 9.20. The van der Waals surface area contributed by atoms with E-state index in [2.05, 4.69) is 15.2 Å². The minimum Gasteiger partial charge on any atom is -0.361 e. The molecule has 150 valence electrons. The van der Waals surface area contributed by atoms with Crippen molar-refractivity contribution in [2.75, 3.05) is 0 Å². The summed E-state index contributed by atoms with van der Waals surface area (Å²) in [6.45, 7) is 4.11. The lowest BCUT2D eigenvalue weighted by Gasteiger charge is -2.10. The Hall–Kier alpha value is -3.69. The van der Waals surface area contributed by atoms with Gasteiger partial charge in [-0.15, -0.1) is 0 Å². The monoisotopic (exact) mass is 396 g/mol. The molecule has 1 aliphatic rings. The smallest absolute Gasteiger partial charge is 0.341 e. The number of rotatable bonds is 5. The number of nitrogens with one attached hydrogen (secondary N) is 1. The van der Waals surface area contributed by atoms with Crippen LogP contribution < -0.4 is 17.1 Å². The normalized spacial score (nSPS) is 13.7. The fraction of sp³-hybridized carbons (Fsp3) is 0.316. The SMILES string of the molecule is Cc1noc(C)c1Cn1cc(-n2c(=O)[nH]c(=O)n(CC3=CCCC=C3)c2=O)cn1. The Morgan fingerprint density at radius 1 is 1.14 bits per heavy atom. The highest BCUT2D eigenvalue weighted by molar-refractivity contribution is 5.27. The summed E-state index contributed by atoms with van der Waals surface area (Å²) in [7, 11) is 0. The van der Waals surface area contributed by atoms with Gasteiger partial charge in [0, 0.05) is 11.8 Å². The van der Waals surface area contributed by atoms with Crippen LogP contribution in [0.5, 0.6) is 0 Å². The van der Waals surface area contributed by atoms with Gasteiger partial charge < -0.3 is 4.52 Å². The van der Waals surface area contributed by atoms with Gasteiger partial charge in [0.05, 0.1) is 30.7 Å². The predicted molar refractivity (Wildman–Crippen MR) is 104 cm³/mol. The van der Waals surface area contributed by atoms with Crippen LogP contribution in [0.15, 0.2) is 55.1 Å². The Bertz CT molecular complexity index is 1280. The van der Waals surface area contributed by atoms with E-state index >= 15 is 0 Å². The molecule has 10 nitrogen and oxygen atoms in total. The number of nitrogens with zero attached hydrogens (tertiary/aromatic N) is 5. The molecule has 0 aliphatic heterocycles. The number of H-pyrrole nitrogens is 1. The average molecular weight is 396 g/mol. The second kappa shape index (κ2) is 7.38. The fourth-order valence-electron chi connectivity index (χ4n) is 3.29. The zero-order valence-electron chi connectivity index (χ0n) is 16.1. The van der Waals surface area contributed by atoms with E-state index in [-0.39, 0.29) is 12.2 Å². The van der Waals surface area contributed by atoms with Gasteiger partial charge in [-0.25, -0.2) is 23.5 Å². The third kappa shape index (κ3) is 3.56. The molecular weight excluding hydrogens is 376 g/mol. The minimum absolute atomic E-state index is 0.0954. The maximum Gasteiger partial charge on any atom is 0.341 e. The molecule has 0 saturated heterocycles. The summed E-state index contributed by atoms with van der Waals surface area (Å²) >= 11 is 0. The molecule has 3 aromatic rings. The summed E-state index contributed by atoms with van der Waals surface area (Å²) in [5.74, 6) is 0.678. The first kappa shape index (κ1) is 18.7. The summed E-state index contributed by atoms with van der Waals surface area (Å²) in [6, 6.07) is 0. The van der Waals surface area contributed by atoms with Crippen LogP contribution in [0.25, 0.3) is 5.69 Å².